The van der Waals surface area contributed by atoms with Crippen molar-refractivity contribution in [2.45, 2.75) is 25.7 Å². The summed E-state index contributed by atoms with van der Waals surface area (Å²) in [7, 11) is 0. The van der Waals surface area contributed by atoms with Gasteiger partial charge in [0.1, 0.15) is 0 Å². The van der Waals surface area contributed by atoms with Gasteiger partial charge in [0, 0.05) is 23.4 Å². The molecule has 0 spiro atoms. The van der Waals surface area contributed by atoms with E-state index in [1.807, 2.05) is 28.9 Å². The SMILES string of the molecule is CCC(C)(CS)c1cc2nccn2nc1-c1ccccc1. The highest BCUT2D eigenvalue weighted by molar-refractivity contribution is 7.80. The molecular weight excluding hydrogens is 278 g/mol. The summed E-state index contributed by atoms with van der Waals surface area (Å²) < 4.78 is 1.83. The van der Waals surface area contributed by atoms with E-state index >= 15 is 0 Å². The molecule has 1 atom stereocenters. The molecule has 0 aliphatic carbocycles. The summed E-state index contributed by atoms with van der Waals surface area (Å²) in [5.74, 6) is 0.780. The quantitative estimate of drug-likeness (QED) is 0.738. The number of aromatic nitrogens is 3. The van der Waals surface area contributed by atoms with Gasteiger partial charge < -0.3 is 0 Å². The summed E-state index contributed by atoms with van der Waals surface area (Å²) in [5.41, 5.74) is 4.22. The van der Waals surface area contributed by atoms with Crippen LogP contribution < -0.4 is 0 Å². The zero-order valence-electron chi connectivity index (χ0n) is 12.3. The number of nitrogens with zero attached hydrogens (tertiary/aromatic N) is 3. The molecule has 0 radical (unpaired) electrons. The number of rotatable bonds is 4. The van der Waals surface area contributed by atoms with Crippen molar-refractivity contribution in [1.82, 2.24) is 14.6 Å². The summed E-state index contributed by atoms with van der Waals surface area (Å²) >= 11 is 4.58. The van der Waals surface area contributed by atoms with E-state index in [4.69, 9.17) is 5.10 Å². The van der Waals surface area contributed by atoms with Crippen molar-refractivity contribution < 1.29 is 0 Å². The lowest BCUT2D eigenvalue weighted by molar-refractivity contribution is 0.516. The Morgan fingerprint density at radius 2 is 2.00 bits per heavy atom. The number of thiol groups is 1. The highest BCUT2D eigenvalue weighted by atomic mass is 32.1. The maximum absolute atomic E-state index is 4.79. The first kappa shape index (κ1) is 14.1. The summed E-state index contributed by atoms with van der Waals surface area (Å²) in [6.45, 7) is 4.43. The van der Waals surface area contributed by atoms with Crippen LogP contribution in [0.15, 0.2) is 48.8 Å². The lowest BCUT2D eigenvalue weighted by Crippen LogP contribution is -2.25. The van der Waals surface area contributed by atoms with E-state index in [9.17, 15) is 0 Å². The minimum absolute atomic E-state index is 0.0189. The number of benzene rings is 1. The largest absolute Gasteiger partial charge is 0.236 e. The van der Waals surface area contributed by atoms with Crippen LogP contribution in [0.25, 0.3) is 16.9 Å². The molecule has 3 nitrogen and oxygen atoms in total. The fourth-order valence-corrected chi connectivity index (χ4v) is 2.91. The lowest BCUT2D eigenvalue weighted by atomic mass is 9.80. The third-order valence-electron chi connectivity index (χ3n) is 4.21. The van der Waals surface area contributed by atoms with Gasteiger partial charge in [0.2, 0.25) is 0 Å². The van der Waals surface area contributed by atoms with Crippen molar-refractivity contribution in [3.05, 3.63) is 54.4 Å². The molecule has 2 aromatic heterocycles. The number of hydrogen-bond donors (Lipinski definition) is 1. The Morgan fingerprint density at radius 1 is 1.24 bits per heavy atom. The van der Waals surface area contributed by atoms with Crippen LogP contribution in [0.4, 0.5) is 0 Å². The minimum Gasteiger partial charge on any atom is -0.236 e. The van der Waals surface area contributed by atoms with Crippen LogP contribution >= 0.6 is 12.6 Å². The third-order valence-corrected chi connectivity index (χ3v) is 4.91. The van der Waals surface area contributed by atoms with Gasteiger partial charge >= 0.3 is 0 Å². The van der Waals surface area contributed by atoms with Gasteiger partial charge in [-0.2, -0.15) is 17.7 Å². The first-order valence-corrected chi connectivity index (χ1v) is 7.82. The first-order chi connectivity index (χ1) is 10.2. The molecule has 21 heavy (non-hydrogen) atoms. The molecule has 1 aromatic carbocycles. The second-order valence-corrected chi connectivity index (χ2v) is 5.89. The Bertz CT molecular complexity index is 745. The number of hydrogen-bond acceptors (Lipinski definition) is 3. The van der Waals surface area contributed by atoms with Crippen LogP contribution in [-0.4, -0.2) is 20.4 Å². The van der Waals surface area contributed by atoms with Crippen molar-refractivity contribution in [2.24, 2.45) is 0 Å². The van der Waals surface area contributed by atoms with E-state index in [0.717, 1.165) is 29.1 Å². The van der Waals surface area contributed by atoms with Crippen LogP contribution in [0, 0.1) is 0 Å². The summed E-state index contributed by atoms with van der Waals surface area (Å²) in [4.78, 5) is 4.37. The second kappa shape index (κ2) is 5.53. The molecule has 0 aliphatic heterocycles. The predicted molar refractivity (Wildman–Crippen MR) is 89.9 cm³/mol. The van der Waals surface area contributed by atoms with Crippen molar-refractivity contribution >= 4 is 18.3 Å². The summed E-state index contributed by atoms with van der Waals surface area (Å²) in [6.07, 6.45) is 4.68. The van der Waals surface area contributed by atoms with Crippen molar-refractivity contribution in [1.29, 1.82) is 0 Å². The highest BCUT2D eigenvalue weighted by Gasteiger charge is 2.28. The Hall–Kier alpha value is -1.81. The first-order valence-electron chi connectivity index (χ1n) is 7.19. The fourth-order valence-electron chi connectivity index (χ4n) is 2.51. The van der Waals surface area contributed by atoms with Crippen molar-refractivity contribution in [2.75, 3.05) is 5.75 Å². The molecular formula is C17H19N3S. The van der Waals surface area contributed by atoms with Gasteiger partial charge in [-0.1, -0.05) is 44.2 Å². The number of imidazole rings is 1. The maximum Gasteiger partial charge on any atom is 0.153 e. The molecule has 0 aliphatic rings. The van der Waals surface area contributed by atoms with Crippen LogP contribution in [0.5, 0.6) is 0 Å². The number of fused-ring (bicyclic) bond motifs is 1. The Kier molecular flexibility index (Phi) is 3.72. The van der Waals surface area contributed by atoms with Crippen LogP contribution in [0.2, 0.25) is 0 Å². The molecule has 4 heteroatoms. The van der Waals surface area contributed by atoms with E-state index in [-0.39, 0.29) is 5.41 Å². The zero-order valence-corrected chi connectivity index (χ0v) is 13.2. The predicted octanol–water partition coefficient (Wildman–Crippen LogP) is 3.99. The molecule has 0 fully saturated rings. The van der Waals surface area contributed by atoms with Crippen LogP contribution in [0.1, 0.15) is 25.8 Å². The molecule has 1 unspecified atom stereocenters. The Labute approximate surface area is 130 Å². The lowest BCUT2D eigenvalue weighted by Gasteiger charge is -2.28. The molecule has 0 amide bonds. The van der Waals surface area contributed by atoms with E-state index in [2.05, 4.69) is 49.7 Å². The van der Waals surface area contributed by atoms with E-state index < -0.39 is 0 Å². The molecule has 0 bridgehead atoms. The average molecular weight is 297 g/mol. The van der Waals surface area contributed by atoms with Crippen molar-refractivity contribution in [3.8, 4) is 11.3 Å². The van der Waals surface area contributed by atoms with Gasteiger partial charge in [-0.3, -0.25) is 0 Å². The van der Waals surface area contributed by atoms with Gasteiger partial charge in [-0.15, -0.1) is 0 Å². The van der Waals surface area contributed by atoms with Crippen molar-refractivity contribution in [3.63, 3.8) is 0 Å². The topological polar surface area (TPSA) is 30.2 Å². The normalized spacial score (nSPS) is 14.2. The smallest absolute Gasteiger partial charge is 0.153 e. The van der Waals surface area contributed by atoms with Gasteiger partial charge in [-0.25, -0.2) is 9.50 Å². The van der Waals surface area contributed by atoms with Crippen LogP contribution in [0.3, 0.4) is 0 Å². The summed E-state index contributed by atoms with van der Waals surface area (Å²) in [6, 6.07) is 12.5. The molecule has 0 N–H and O–H groups in total. The van der Waals surface area contributed by atoms with Crippen LogP contribution in [-0.2, 0) is 5.41 Å². The molecule has 3 rings (SSSR count). The zero-order chi connectivity index (χ0) is 14.9. The molecule has 0 saturated carbocycles. The van der Waals surface area contributed by atoms with E-state index in [1.54, 1.807) is 6.20 Å². The van der Waals surface area contributed by atoms with Gasteiger partial charge in [0.15, 0.2) is 5.65 Å². The van der Waals surface area contributed by atoms with Gasteiger partial charge in [-0.05, 0) is 23.8 Å². The molecule has 2 heterocycles. The van der Waals surface area contributed by atoms with E-state index in [0.29, 0.717) is 0 Å². The third kappa shape index (κ3) is 2.44. The molecule has 3 aromatic rings. The molecule has 0 saturated heterocycles. The average Bonchev–Trinajstić information content (AvgIpc) is 3.01. The van der Waals surface area contributed by atoms with Gasteiger partial charge in [0.25, 0.3) is 0 Å². The second-order valence-electron chi connectivity index (χ2n) is 5.57. The highest BCUT2D eigenvalue weighted by Crippen LogP contribution is 2.35. The Morgan fingerprint density at radius 3 is 2.67 bits per heavy atom. The Balaban J connectivity index is 2.30. The monoisotopic (exact) mass is 297 g/mol. The molecule has 108 valence electrons. The minimum atomic E-state index is -0.0189. The fraction of sp³-hybridized carbons (Fsp3) is 0.294. The van der Waals surface area contributed by atoms with E-state index in [1.165, 1.54) is 5.56 Å². The summed E-state index contributed by atoms with van der Waals surface area (Å²) in [5, 5.41) is 4.79. The van der Waals surface area contributed by atoms with Gasteiger partial charge in [0.05, 0.1) is 5.69 Å². The standard InChI is InChI=1S/C17H19N3S/c1-3-17(2,12-21)14-11-15-18-9-10-20(15)19-16(14)13-7-5-4-6-8-13/h4-11,21H,3,12H2,1-2H3. The maximum atomic E-state index is 4.79.